The summed E-state index contributed by atoms with van der Waals surface area (Å²) in [5.74, 6) is -3.45. The van der Waals surface area contributed by atoms with Gasteiger partial charge in [-0.1, -0.05) is 44.2 Å². The molecule has 0 saturated carbocycles. The summed E-state index contributed by atoms with van der Waals surface area (Å²) in [5.41, 5.74) is 6.51. The highest BCUT2D eigenvalue weighted by Crippen LogP contribution is 2.12. The van der Waals surface area contributed by atoms with Crippen LogP contribution in [0.1, 0.15) is 25.0 Å². The van der Waals surface area contributed by atoms with E-state index in [9.17, 15) is 34.1 Å². The van der Waals surface area contributed by atoms with Crippen molar-refractivity contribution < 1.29 is 28.9 Å². The van der Waals surface area contributed by atoms with Gasteiger partial charge in [0, 0.05) is 24.6 Å². The molecule has 212 valence electrons. The molecule has 2 rings (SSSR count). The maximum absolute atomic E-state index is 12.9. The van der Waals surface area contributed by atoms with Crippen molar-refractivity contribution in [2.75, 3.05) is 13.1 Å². The number of carbonyl (C=O) groups excluding carboxylic acids is 5. The first-order valence-electron chi connectivity index (χ1n) is 12.4. The highest BCUT2D eigenvalue weighted by molar-refractivity contribution is 5.96. The van der Waals surface area contributed by atoms with E-state index >= 15 is 0 Å². The van der Waals surface area contributed by atoms with Gasteiger partial charge in [0.1, 0.15) is 12.1 Å². The summed E-state index contributed by atoms with van der Waals surface area (Å²) >= 11 is 0. The Morgan fingerprint density at radius 1 is 0.900 bits per heavy atom. The van der Waals surface area contributed by atoms with Crippen molar-refractivity contribution in [3.63, 3.8) is 0 Å². The van der Waals surface area contributed by atoms with Crippen LogP contribution < -0.4 is 27.0 Å². The lowest BCUT2D eigenvalue weighted by Gasteiger charge is -2.21. The molecule has 2 aromatic carbocycles. The minimum atomic E-state index is -1.06. The topological polar surface area (TPSA) is 203 Å². The minimum Gasteiger partial charge on any atom is -0.368 e. The highest BCUT2D eigenvalue weighted by atomic mass is 16.6. The van der Waals surface area contributed by atoms with Gasteiger partial charge in [-0.3, -0.25) is 34.1 Å². The van der Waals surface area contributed by atoms with Gasteiger partial charge in [-0.25, -0.2) is 0 Å². The predicted molar refractivity (Wildman–Crippen MR) is 146 cm³/mol. The van der Waals surface area contributed by atoms with Crippen LogP contribution in [0, 0.1) is 16.0 Å². The van der Waals surface area contributed by atoms with Crippen LogP contribution >= 0.6 is 0 Å². The summed E-state index contributed by atoms with van der Waals surface area (Å²) in [6.07, 6.45) is 2.71. The number of nitrogens with zero attached hydrogens (tertiary/aromatic N) is 1. The molecule has 0 aliphatic carbocycles. The Hall–Kier alpha value is -5.07. The molecule has 40 heavy (non-hydrogen) atoms. The number of nitro groups is 1. The van der Waals surface area contributed by atoms with Crippen LogP contribution in [0.4, 0.5) is 5.69 Å². The van der Waals surface area contributed by atoms with Crippen molar-refractivity contribution in [1.29, 1.82) is 0 Å². The number of non-ortho nitro benzene ring substituents is 1. The van der Waals surface area contributed by atoms with Crippen LogP contribution in [0.25, 0.3) is 6.08 Å². The van der Waals surface area contributed by atoms with E-state index in [4.69, 9.17) is 5.73 Å². The van der Waals surface area contributed by atoms with Crippen LogP contribution in [-0.4, -0.2) is 59.6 Å². The van der Waals surface area contributed by atoms with Gasteiger partial charge in [-0.2, -0.15) is 0 Å². The Kier molecular flexibility index (Phi) is 12.0. The lowest BCUT2D eigenvalue weighted by Crippen LogP contribution is -2.54. The van der Waals surface area contributed by atoms with E-state index in [1.807, 2.05) is 0 Å². The monoisotopic (exact) mass is 552 g/mol. The molecule has 0 heterocycles. The van der Waals surface area contributed by atoms with E-state index in [1.165, 1.54) is 30.3 Å². The molecule has 2 aromatic rings. The van der Waals surface area contributed by atoms with Crippen LogP contribution in [0.3, 0.4) is 0 Å². The van der Waals surface area contributed by atoms with Crippen molar-refractivity contribution in [1.82, 2.24) is 21.3 Å². The largest absolute Gasteiger partial charge is 0.368 e. The first-order valence-corrected chi connectivity index (χ1v) is 12.4. The number of nitro benzene ring substituents is 1. The van der Waals surface area contributed by atoms with Gasteiger partial charge < -0.3 is 27.0 Å². The van der Waals surface area contributed by atoms with Crippen molar-refractivity contribution in [2.24, 2.45) is 11.7 Å². The van der Waals surface area contributed by atoms with E-state index in [1.54, 1.807) is 44.2 Å². The molecule has 0 fully saturated rings. The third-order valence-corrected chi connectivity index (χ3v) is 5.60. The number of hydrogen-bond donors (Lipinski definition) is 5. The number of amides is 5. The molecule has 0 aliphatic heterocycles. The lowest BCUT2D eigenvalue weighted by atomic mass is 10.0. The average molecular weight is 553 g/mol. The number of nitrogens with two attached hydrogens (primary N) is 1. The quantitative estimate of drug-likeness (QED) is 0.125. The van der Waals surface area contributed by atoms with E-state index in [0.29, 0.717) is 5.56 Å². The molecule has 2 atom stereocenters. The smallest absolute Gasteiger partial charge is 0.269 e. The van der Waals surface area contributed by atoms with E-state index in [2.05, 4.69) is 21.3 Å². The number of benzene rings is 2. The maximum atomic E-state index is 12.9. The number of nitrogens with one attached hydrogen (secondary N) is 4. The van der Waals surface area contributed by atoms with Gasteiger partial charge in [-0.05, 0) is 35.3 Å². The second-order valence-electron chi connectivity index (χ2n) is 9.12. The fourth-order valence-corrected chi connectivity index (χ4v) is 3.49. The zero-order valence-corrected chi connectivity index (χ0v) is 22.1. The second-order valence-corrected chi connectivity index (χ2v) is 9.12. The first kappa shape index (κ1) is 31.1. The van der Waals surface area contributed by atoms with Crippen LogP contribution in [0.2, 0.25) is 0 Å². The van der Waals surface area contributed by atoms with Gasteiger partial charge in [0.15, 0.2) is 0 Å². The van der Waals surface area contributed by atoms with Crippen molar-refractivity contribution in [2.45, 2.75) is 32.4 Å². The molecule has 13 nitrogen and oxygen atoms in total. The second kappa shape index (κ2) is 15.4. The molecule has 0 spiro atoms. The van der Waals surface area contributed by atoms with E-state index in [-0.39, 0.29) is 18.0 Å². The summed E-state index contributed by atoms with van der Waals surface area (Å²) in [7, 11) is 0. The van der Waals surface area contributed by atoms with Gasteiger partial charge in [0.05, 0.1) is 18.0 Å². The third kappa shape index (κ3) is 10.7. The number of hydrogen-bond acceptors (Lipinski definition) is 7. The molecule has 0 aliphatic rings. The van der Waals surface area contributed by atoms with Crippen molar-refractivity contribution >= 4 is 41.3 Å². The Balaban J connectivity index is 1.95. The molecule has 0 saturated heterocycles. The Bertz CT molecular complexity index is 1250. The van der Waals surface area contributed by atoms with Gasteiger partial charge in [0.25, 0.3) is 5.69 Å². The zero-order chi connectivity index (χ0) is 29.7. The molecule has 0 bridgehead atoms. The fourth-order valence-electron chi connectivity index (χ4n) is 3.49. The van der Waals surface area contributed by atoms with Crippen LogP contribution in [-0.2, 0) is 30.4 Å². The third-order valence-electron chi connectivity index (χ3n) is 5.60. The molecule has 6 N–H and O–H groups in total. The first-order chi connectivity index (χ1) is 19.0. The Morgan fingerprint density at radius 2 is 1.50 bits per heavy atom. The number of carbonyl (C=O) groups is 5. The Morgan fingerprint density at radius 3 is 2.08 bits per heavy atom. The van der Waals surface area contributed by atoms with Crippen molar-refractivity contribution in [3.05, 3.63) is 81.9 Å². The zero-order valence-electron chi connectivity index (χ0n) is 22.1. The highest BCUT2D eigenvalue weighted by Gasteiger charge is 2.24. The number of rotatable bonds is 14. The SMILES string of the molecule is CC(C)[C@H](NC(=O)CNC(=O)[C@H](Cc1ccccc1)NC(=O)CNC(=O)/C=C/c1ccc([N+](=O)[O-])cc1)C(N)=O. The molecular formula is C27H32N6O7. The van der Waals surface area contributed by atoms with Crippen molar-refractivity contribution in [3.8, 4) is 0 Å². The lowest BCUT2D eigenvalue weighted by molar-refractivity contribution is -0.384. The van der Waals surface area contributed by atoms with E-state index < -0.39 is 59.6 Å². The summed E-state index contributed by atoms with van der Waals surface area (Å²) in [6, 6.07) is 12.4. The molecular weight excluding hydrogens is 520 g/mol. The predicted octanol–water partition coefficient (Wildman–Crippen LogP) is 0.194. The standard InChI is InChI=1S/C27H32N6O7/c1-17(2)25(26(28)37)32-24(36)16-30-27(38)21(14-19-6-4-3-5-7-19)31-23(35)15-29-22(34)13-10-18-8-11-20(12-9-18)33(39)40/h3-13,17,21,25H,14-16H2,1-2H3,(H2,28,37)(H,29,34)(H,30,38)(H,31,35)(H,32,36)/b13-10+/t21-,25-/m0/s1. The Labute approximate surface area is 230 Å². The maximum Gasteiger partial charge on any atom is 0.269 e. The van der Waals surface area contributed by atoms with Gasteiger partial charge >= 0.3 is 0 Å². The molecule has 13 heteroatoms. The fraction of sp³-hybridized carbons (Fsp3) is 0.296. The number of primary amides is 1. The summed E-state index contributed by atoms with van der Waals surface area (Å²) in [6.45, 7) is 2.55. The van der Waals surface area contributed by atoms with Crippen LogP contribution in [0.5, 0.6) is 0 Å². The minimum absolute atomic E-state index is 0.0848. The van der Waals surface area contributed by atoms with Gasteiger partial charge in [0.2, 0.25) is 29.5 Å². The molecule has 0 radical (unpaired) electrons. The van der Waals surface area contributed by atoms with Gasteiger partial charge in [-0.15, -0.1) is 0 Å². The molecule has 0 aromatic heterocycles. The molecule has 0 unspecified atom stereocenters. The molecule has 5 amide bonds. The summed E-state index contributed by atoms with van der Waals surface area (Å²) in [5, 5.41) is 20.6. The summed E-state index contributed by atoms with van der Waals surface area (Å²) in [4.78, 5) is 71.5. The normalized spacial score (nSPS) is 12.3. The van der Waals surface area contributed by atoms with E-state index in [0.717, 1.165) is 11.6 Å². The van der Waals surface area contributed by atoms with Crippen LogP contribution in [0.15, 0.2) is 60.7 Å². The average Bonchev–Trinajstić information content (AvgIpc) is 2.92. The summed E-state index contributed by atoms with van der Waals surface area (Å²) < 4.78 is 0.